The van der Waals surface area contributed by atoms with Crippen LogP contribution in [0.4, 0.5) is 5.69 Å². The predicted molar refractivity (Wildman–Crippen MR) is 71.8 cm³/mol. The zero-order valence-corrected chi connectivity index (χ0v) is 9.66. The number of nitrogens with two attached hydrogens (primary N) is 1. The molecule has 0 radical (unpaired) electrons. The number of carbonyl (C=O) groups is 1. The molecule has 0 aromatic heterocycles. The van der Waals surface area contributed by atoms with Crippen LogP contribution in [-0.2, 0) is 0 Å². The molecule has 0 aliphatic rings. The van der Waals surface area contributed by atoms with Gasteiger partial charge < -0.3 is 11.1 Å². The van der Waals surface area contributed by atoms with Gasteiger partial charge in [0.2, 0.25) is 0 Å². The maximum absolute atomic E-state index is 11.8. The van der Waals surface area contributed by atoms with Crippen LogP contribution in [0.5, 0.6) is 0 Å². The average Bonchev–Trinajstić information content (AvgIpc) is 2.35. The van der Waals surface area contributed by atoms with Crippen molar-refractivity contribution in [1.82, 2.24) is 5.32 Å². The Morgan fingerprint density at radius 3 is 2.82 bits per heavy atom. The van der Waals surface area contributed by atoms with E-state index in [2.05, 4.69) is 11.9 Å². The molecule has 0 aliphatic carbocycles. The number of carbonyl (C=O) groups excluding carboxylic acids is 1. The van der Waals surface area contributed by atoms with E-state index in [4.69, 9.17) is 5.73 Å². The first kappa shape index (κ1) is 11.2. The van der Waals surface area contributed by atoms with Crippen molar-refractivity contribution in [3.63, 3.8) is 0 Å². The van der Waals surface area contributed by atoms with Crippen LogP contribution in [-0.4, -0.2) is 13.0 Å². The molecule has 0 aliphatic heterocycles. The topological polar surface area (TPSA) is 55.1 Å². The molecule has 2 aromatic rings. The molecule has 2 aromatic carbocycles. The van der Waals surface area contributed by atoms with E-state index in [9.17, 15) is 4.79 Å². The summed E-state index contributed by atoms with van der Waals surface area (Å²) in [5, 5.41) is 4.47. The van der Waals surface area contributed by atoms with Gasteiger partial charge in [-0.2, -0.15) is 0 Å². The lowest BCUT2D eigenvalue weighted by Crippen LogP contribution is -2.18. The molecular formula is C14H14N2O. The van der Waals surface area contributed by atoms with E-state index in [0.29, 0.717) is 11.3 Å². The van der Waals surface area contributed by atoms with E-state index in [0.717, 1.165) is 16.3 Å². The minimum absolute atomic E-state index is 0.108. The van der Waals surface area contributed by atoms with Crippen molar-refractivity contribution in [3.05, 3.63) is 48.0 Å². The van der Waals surface area contributed by atoms with Crippen molar-refractivity contribution in [1.29, 1.82) is 0 Å². The summed E-state index contributed by atoms with van der Waals surface area (Å²) in [6, 6.07) is 9.26. The molecular weight excluding hydrogens is 212 g/mol. The zero-order valence-electron chi connectivity index (χ0n) is 9.66. The second-order valence-electron chi connectivity index (χ2n) is 3.80. The number of hydrogen-bond acceptors (Lipinski definition) is 2. The summed E-state index contributed by atoms with van der Waals surface area (Å²) in [6.07, 6.45) is 1.71. The molecule has 2 rings (SSSR count). The number of rotatable bonds is 2. The largest absolute Gasteiger partial charge is 0.399 e. The summed E-state index contributed by atoms with van der Waals surface area (Å²) in [5.74, 6) is -0.108. The van der Waals surface area contributed by atoms with E-state index < -0.39 is 0 Å². The summed E-state index contributed by atoms with van der Waals surface area (Å²) in [7, 11) is 1.62. The minimum Gasteiger partial charge on any atom is -0.399 e. The third kappa shape index (κ3) is 1.87. The Hall–Kier alpha value is -2.29. The first-order chi connectivity index (χ1) is 8.17. The molecule has 3 heteroatoms. The quantitative estimate of drug-likeness (QED) is 0.773. The first-order valence-corrected chi connectivity index (χ1v) is 5.34. The molecule has 17 heavy (non-hydrogen) atoms. The third-order valence-corrected chi connectivity index (χ3v) is 2.72. The smallest absolute Gasteiger partial charge is 0.251 e. The van der Waals surface area contributed by atoms with Gasteiger partial charge in [0.05, 0.1) is 0 Å². The van der Waals surface area contributed by atoms with Crippen LogP contribution in [0.2, 0.25) is 0 Å². The lowest BCUT2D eigenvalue weighted by molar-refractivity contribution is 0.0964. The van der Waals surface area contributed by atoms with Crippen molar-refractivity contribution in [2.75, 3.05) is 12.8 Å². The molecule has 0 atom stereocenters. The highest BCUT2D eigenvalue weighted by atomic mass is 16.1. The fraction of sp³-hybridized carbons (Fsp3) is 0.0714. The Kier molecular flexibility index (Phi) is 2.83. The fourth-order valence-electron chi connectivity index (χ4n) is 1.97. The highest BCUT2D eigenvalue weighted by Gasteiger charge is 2.11. The van der Waals surface area contributed by atoms with Crippen LogP contribution in [0.3, 0.4) is 0 Å². The van der Waals surface area contributed by atoms with Gasteiger partial charge in [-0.15, -0.1) is 0 Å². The van der Waals surface area contributed by atoms with Gasteiger partial charge >= 0.3 is 0 Å². The molecule has 0 heterocycles. The summed E-state index contributed by atoms with van der Waals surface area (Å²) in [5.41, 5.74) is 7.99. The molecule has 86 valence electrons. The molecule has 0 fully saturated rings. The van der Waals surface area contributed by atoms with E-state index in [1.807, 2.05) is 24.3 Å². The zero-order chi connectivity index (χ0) is 12.4. The summed E-state index contributed by atoms with van der Waals surface area (Å²) >= 11 is 0. The van der Waals surface area contributed by atoms with Gasteiger partial charge in [-0.25, -0.2) is 0 Å². The van der Waals surface area contributed by atoms with Gasteiger partial charge in [0, 0.05) is 23.7 Å². The number of hydrogen-bond donors (Lipinski definition) is 2. The predicted octanol–water partition coefficient (Wildman–Crippen LogP) is 2.42. The van der Waals surface area contributed by atoms with E-state index in [1.165, 1.54) is 0 Å². The molecule has 1 amide bonds. The van der Waals surface area contributed by atoms with Crippen LogP contribution in [0.25, 0.3) is 16.8 Å². The van der Waals surface area contributed by atoms with Gasteiger partial charge in [0.1, 0.15) is 0 Å². The van der Waals surface area contributed by atoms with Crippen molar-refractivity contribution in [3.8, 4) is 0 Å². The van der Waals surface area contributed by atoms with Gasteiger partial charge in [0.15, 0.2) is 0 Å². The molecule has 0 saturated carbocycles. The number of nitrogens with one attached hydrogen (secondary N) is 1. The van der Waals surface area contributed by atoms with Gasteiger partial charge in [-0.1, -0.05) is 24.8 Å². The summed E-state index contributed by atoms with van der Waals surface area (Å²) < 4.78 is 0. The average molecular weight is 226 g/mol. The Morgan fingerprint density at radius 1 is 1.41 bits per heavy atom. The number of nitrogen functional groups attached to an aromatic ring is 1. The summed E-state index contributed by atoms with van der Waals surface area (Å²) in [6.45, 7) is 3.76. The molecule has 0 saturated heterocycles. The molecule has 0 unspecified atom stereocenters. The molecule has 3 N–H and O–H groups in total. The second-order valence-corrected chi connectivity index (χ2v) is 3.80. The second kappa shape index (κ2) is 4.29. The Morgan fingerprint density at radius 2 is 2.18 bits per heavy atom. The third-order valence-electron chi connectivity index (χ3n) is 2.72. The van der Waals surface area contributed by atoms with Crippen LogP contribution in [0.15, 0.2) is 36.9 Å². The number of amides is 1. The van der Waals surface area contributed by atoms with Crippen molar-refractivity contribution < 1.29 is 4.79 Å². The standard InChI is InChI=1S/C14H14N2O/c1-3-9-7-11(15)8-10-5-4-6-12(13(9)10)14(17)16-2/h3-8H,1,15H2,2H3,(H,16,17). The molecule has 0 spiro atoms. The fourth-order valence-corrected chi connectivity index (χ4v) is 1.97. The lowest BCUT2D eigenvalue weighted by atomic mass is 9.98. The monoisotopic (exact) mass is 226 g/mol. The SMILES string of the molecule is C=Cc1cc(N)cc2cccc(C(=O)NC)c12. The van der Waals surface area contributed by atoms with Gasteiger partial charge in [-0.3, -0.25) is 4.79 Å². The lowest BCUT2D eigenvalue weighted by Gasteiger charge is -2.09. The highest BCUT2D eigenvalue weighted by Crippen LogP contribution is 2.26. The van der Waals surface area contributed by atoms with Crippen LogP contribution in [0.1, 0.15) is 15.9 Å². The Bertz CT molecular complexity index is 602. The normalized spacial score (nSPS) is 10.2. The van der Waals surface area contributed by atoms with Crippen molar-refractivity contribution in [2.24, 2.45) is 0 Å². The maximum atomic E-state index is 11.8. The minimum atomic E-state index is -0.108. The van der Waals surface area contributed by atoms with Crippen LogP contribution < -0.4 is 11.1 Å². The van der Waals surface area contributed by atoms with Crippen LogP contribution in [0, 0.1) is 0 Å². The van der Waals surface area contributed by atoms with Crippen LogP contribution >= 0.6 is 0 Å². The van der Waals surface area contributed by atoms with E-state index >= 15 is 0 Å². The van der Waals surface area contributed by atoms with E-state index in [-0.39, 0.29) is 5.91 Å². The van der Waals surface area contributed by atoms with E-state index in [1.54, 1.807) is 19.2 Å². The highest BCUT2D eigenvalue weighted by molar-refractivity contribution is 6.10. The maximum Gasteiger partial charge on any atom is 0.251 e. The first-order valence-electron chi connectivity index (χ1n) is 5.34. The number of anilines is 1. The summed E-state index contributed by atoms with van der Waals surface area (Å²) in [4.78, 5) is 11.8. The molecule has 0 bridgehead atoms. The molecule has 3 nitrogen and oxygen atoms in total. The van der Waals surface area contributed by atoms with Gasteiger partial charge in [-0.05, 0) is 29.1 Å². The number of fused-ring (bicyclic) bond motifs is 1. The number of benzene rings is 2. The van der Waals surface area contributed by atoms with Gasteiger partial charge in [0.25, 0.3) is 5.91 Å². The van der Waals surface area contributed by atoms with Crippen molar-refractivity contribution in [2.45, 2.75) is 0 Å². The Balaban J connectivity index is 2.86. The Labute approximate surface area is 99.9 Å². The van der Waals surface area contributed by atoms with Crippen molar-refractivity contribution >= 4 is 28.4 Å².